The van der Waals surface area contributed by atoms with Crippen molar-refractivity contribution >= 4 is 12.4 Å². The van der Waals surface area contributed by atoms with Crippen LogP contribution in [-0.4, -0.2) is 19.5 Å². The van der Waals surface area contributed by atoms with Crippen molar-refractivity contribution < 1.29 is 0 Å². The average Bonchev–Trinajstić information content (AvgIpc) is 2.07. The summed E-state index contributed by atoms with van der Waals surface area (Å²) < 4.78 is 0. The van der Waals surface area contributed by atoms with Gasteiger partial charge in [-0.25, -0.2) is 0 Å². The van der Waals surface area contributed by atoms with Crippen LogP contribution in [0.25, 0.3) is 0 Å². The molecule has 0 aromatic heterocycles. The van der Waals surface area contributed by atoms with Gasteiger partial charge >= 0.3 is 0 Å². The largest absolute Gasteiger partial charge is 0.308 e. The molecule has 0 unspecified atom stereocenters. The van der Waals surface area contributed by atoms with Crippen molar-refractivity contribution in [2.24, 2.45) is 4.99 Å². The van der Waals surface area contributed by atoms with Gasteiger partial charge in [0.1, 0.15) is 0 Å². The summed E-state index contributed by atoms with van der Waals surface area (Å²) in [4.78, 5) is 3.88. The van der Waals surface area contributed by atoms with E-state index in [1.165, 1.54) is 6.21 Å². The van der Waals surface area contributed by atoms with Crippen LogP contribution in [0, 0.1) is 5.41 Å². The SMILES string of the molecule is CN=Cc1ccc(C=N)cc1. The first-order valence-corrected chi connectivity index (χ1v) is 3.39. The molecule has 2 heteroatoms. The normalized spacial score (nSPS) is 10.3. The van der Waals surface area contributed by atoms with E-state index in [0.717, 1.165) is 11.1 Å². The van der Waals surface area contributed by atoms with Crippen molar-refractivity contribution in [1.29, 1.82) is 5.41 Å². The van der Waals surface area contributed by atoms with E-state index < -0.39 is 0 Å². The Kier molecular flexibility index (Phi) is 2.55. The van der Waals surface area contributed by atoms with Gasteiger partial charge in [-0.15, -0.1) is 0 Å². The first kappa shape index (κ1) is 7.66. The number of nitrogens with one attached hydrogen (secondary N) is 1. The number of nitrogens with zero attached hydrogens (tertiary/aromatic N) is 1. The Morgan fingerprint density at radius 3 is 2.18 bits per heavy atom. The van der Waals surface area contributed by atoms with Crippen LogP contribution in [0.4, 0.5) is 0 Å². The fourth-order valence-corrected chi connectivity index (χ4v) is 0.827. The molecule has 11 heavy (non-hydrogen) atoms. The van der Waals surface area contributed by atoms with Crippen molar-refractivity contribution in [2.75, 3.05) is 7.05 Å². The van der Waals surface area contributed by atoms with Crippen LogP contribution in [-0.2, 0) is 0 Å². The van der Waals surface area contributed by atoms with E-state index in [1.54, 1.807) is 13.3 Å². The van der Waals surface area contributed by atoms with Gasteiger partial charge in [-0.2, -0.15) is 0 Å². The molecule has 56 valence electrons. The number of aliphatic imine (C=N–C) groups is 1. The van der Waals surface area contributed by atoms with Gasteiger partial charge in [-0.05, 0) is 11.1 Å². The predicted molar refractivity (Wildman–Crippen MR) is 47.8 cm³/mol. The Labute approximate surface area is 66.1 Å². The molecule has 0 fully saturated rings. The molecule has 0 bridgehead atoms. The number of hydrogen-bond donors (Lipinski definition) is 1. The van der Waals surface area contributed by atoms with E-state index in [9.17, 15) is 0 Å². The highest BCUT2D eigenvalue weighted by atomic mass is 14.6. The molecule has 0 atom stereocenters. The lowest BCUT2D eigenvalue weighted by Gasteiger charge is -1.92. The van der Waals surface area contributed by atoms with Crippen LogP contribution in [0.15, 0.2) is 29.3 Å². The van der Waals surface area contributed by atoms with E-state index in [2.05, 4.69) is 4.99 Å². The van der Waals surface area contributed by atoms with Crippen LogP contribution < -0.4 is 0 Å². The second-order valence-electron chi connectivity index (χ2n) is 2.20. The zero-order valence-electron chi connectivity index (χ0n) is 6.41. The van der Waals surface area contributed by atoms with Gasteiger partial charge < -0.3 is 5.41 Å². The van der Waals surface area contributed by atoms with Crippen LogP contribution in [0.2, 0.25) is 0 Å². The molecular weight excluding hydrogens is 136 g/mol. The molecular formula is C9H10N2. The second-order valence-corrected chi connectivity index (χ2v) is 2.20. The standard InChI is InChI=1S/C9H10N2/c1-11-7-9-4-2-8(6-10)3-5-9/h2-7,10H,1H3. The first-order valence-electron chi connectivity index (χ1n) is 3.39. The molecule has 0 aliphatic heterocycles. The molecule has 0 saturated carbocycles. The Hall–Kier alpha value is -1.44. The number of hydrogen-bond acceptors (Lipinski definition) is 2. The van der Waals surface area contributed by atoms with Gasteiger partial charge in [0.25, 0.3) is 0 Å². The van der Waals surface area contributed by atoms with Gasteiger partial charge in [-0.1, -0.05) is 24.3 Å². The van der Waals surface area contributed by atoms with E-state index in [4.69, 9.17) is 5.41 Å². The predicted octanol–water partition coefficient (Wildman–Crippen LogP) is 1.73. The van der Waals surface area contributed by atoms with Gasteiger partial charge in [-0.3, -0.25) is 4.99 Å². The fraction of sp³-hybridized carbons (Fsp3) is 0.111. The fourth-order valence-electron chi connectivity index (χ4n) is 0.827. The van der Waals surface area contributed by atoms with E-state index in [1.807, 2.05) is 24.3 Å². The maximum atomic E-state index is 6.96. The molecule has 1 N–H and O–H groups in total. The van der Waals surface area contributed by atoms with Gasteiger partial charge in [0.2, 0.25) is 0 Å². The third-order valence-corrected chi connectivity index (χ3v) is 1.38. The zero-order chi connectivity index (χ0) is 8.10. The molecule has 0 aliphatic rings. The lowest BCUT2D eigenvalue weighted by atomic mass is 10.2. The first-order chi connectivity index (χ1) is 5.36. The van der Waals surface area contributed by atoms with Crippen LogP contribution in [0.1, 0.15) is 11.1 Å². The molecule has 0 radical (unpaired) electrons. The highest BCUT2D eigenvalue weighted by Gasteiger charge is 1.86. The highest BCUT2D eigenvalue weighted by Crippen LogP contribution is 1.99. The second kappa shape index (κ2) is 3.66. The Balaban J connectivity index is 2.91. The third-order valence-electron chi connectivity index (χ3n) is 1.38. The monoisotopic (exact) mass is 146 g/mol. The summed E-state index contributed by atoms with van der Waals surface area (Å²) in [6.07, 6.45) is 3.11. The molecule has 1 aromatic carbocycles. The van der Waals surface area contributed by atoms with Crippen molar-refractivity contribution in [1.82, 2.24) is 0 Å². The van der Waals surface area contributed by atoms with E-state index >= 15 is 0 Å². The van der Waals surface area contributed by atoms with Gasteiger partial charge in [0.15, 0.2) is 0 Å². The van der Waals surface area contributed by atoms with E-state index in [-0.39, 0.29) is 0 Å². The molecule has 0 heterocycles. The minimum Gasteiger partial charge on any atom is -0.308 e. The molecule has 0 aliphatic carbocycles. The third kappa shape index (κ3) is 2.00. The van der Waals surface area contributed by atoms with Gasteiger partial charge in [0, 0.05) is 19.5 Å². The Morgan fingerprint density at radius 1 is 1.18 bits per heavy atom. The molecule has 2 nitrogen and oxygen atoms in total. The maximum absolute atomic E-state index is 6.96. The minimum absolute atomic E-state index is 0.915. The van der Waals surface area contributed by atoms with Crippen LogP contribution in [0.3, 0.4) is 0 Å². The Morgan fingerprint density at radius 2 is 1.73 bits per heavy atom. The summed E-state index contributed by atoms with van der Waals surface area (Å²) >= 11 is 0. The van der Waals surface area contributed by atoms with Crippen molar-refractivity contribution in [3.05, 3.63) is 35.4 Å². The molecule has 1 aromatic rings. The summed E-state index contributed by atoms with van der Waals surface area (Å²) in [5.41, 5.74) is 1.98. The molecule has 0 amide bonds. The lowest BCUT2D eigenvalue weighted by Crippen LogP contribution is -1.82. The average molecular weight is 146 g/mol. The molecule has 0 saturated heterocycles. The number of benzene rings is 1. The highest BCUT2D eigenvalue weighted by molar-refractivity contribution is 5.82. The maximum Gasteiger partial charge on any atom is 0.0281 e. The van der Waals surface area contributed by atoms with Gasteiger partial charge in [0.05, 0.1) is 0 Å². The summed E-state index contributed by atoms with van der Waals surface area (Å²) in [6.45, 7) is 0. The Bertz CT molecular complexity index is 259. The van der Waals surface area contributed by atoms with Crippen LogP contribution in [0.5, 0.6) is 0 Å². The molecule has 0 spiro atoms. The summed E-state index contributed by atoms with van der Waals surface area (Å²) in [7, 11) is 1.74. The topological polar surface area (TPSA) is 36.2 Å². The van der Waals surface area contributed by atoms with Crippen LogP contribution >= 0.6 is 0 Å². The minimum atomic E-state index is 0.915. The quantitative estimate of drug-likeness (QED) is 0.617. The number of rotatable bonds is 2. The van der Waals surface area contributed by atoms with Crippen molar-refractivity contribution in [2.45, 2.75) is 0 Å². The van der Waals surface area contributed by atoms with E-state index in [0.29, 0.717) is 0 Å². The van der Waals surface area contributed by atoms with Crippen molar-refractivity contribution in [3.63, 3.8) is 0 Å². The van der Waals surface area contributed by atoms with Crippen molar-refractivity contribution in [3.8, 4) is 0 Å². The summed E-state index contributed by atoms with van der Waals surface area (Å²) in [5.74, 6) is 0. The summed E-state index contributed by atoms with van der Waals surface area (Å²) in [6, 6.07) is 7.66. The molecule has 1 rings (SSSR count). The summed E-state index contributed by atoms with van der Waals surface area (Å²) in [5, 5.41) is 6.96. The smallest absolute Gasteiger partial charge is 0.0281 e. The lowest BCUT2D eigenvalue weighted by molar-refractivity contribution is 1.46. The zero-order valence-corrected chi connectivity index (χ0v) is 6.41.